The SMILES string of the molecule is COC(=O)[C@@H]1C[C@@H](O)CN1C(=O)[C@H](NC(=O)OC(C)(C)C)C(C)(C)C. The van der Waals surface area contributed by atoms with Crippen LogP contribution in [0.1, 0.15) is 48.0 Å². The lowest BCUT2D eigenvalue weighted by molar-refractivity contribution is -0.152. The van der Waals surface area contributed by atoms with Gasteiger partial charge in [0.05, 0.1) is 13.2 Å². The van der Waals surface area contributed by atoms with E-state index in [2.05, 4.69) is 5.32 Å². The molecule has 0 aromatic heterocycles. The van der Waals surface area contributed by atoms with Crippen LogP contribution in [0, 0.1) is 5.41 Å². The van der Waals surface area contributed by atoms with Gasteiger partial charge in [-0.05, 0) is 26.2 Å². The number of esters is 1. The highest BCUT2D eigenvalue weighted by Crippen LogP contribution is 2.26. The first kappa shape index (κ1) is 21.2. The number of likely N-dealkylation sites (tertiary alicyclic amines) is 1. The van der Waals surface area contributed by atoms with Crippen LogP contribution in [0.25, 0.3) is 0 Å². The van der Waals surface area contributed by atoms with Crippen molar-refractivity contribution in [2.24, 2.45) is 5.41 Å². The Hall–Kier alpha value is -1.83. The number of nitrogens with zero attached hydrogens (tertiary/aromatic N) is 1. The van der Waals surface area contributed by atoms with Gasteiger partial charge in [0.25, 0.3) is 0 Å². The van der Waals surface area contributed by atoms with Gasteiger partial charge in [-0.1, -0.05) is 20.8 Å². The van der Waals surface area contributed by atoms with Crippen LogP contribution in [0.3, 0.4) is 0 Å². The van der Waals surface area contributed by atoms with E-state index in [4.69, 9.17) is 9.47 Å². The average Bonchev–Trinajstić information content (AvgIpc) is 2.82. The molecule has 2 N–H and O–H groups in total. The molecule has 25 heavy (non-hydrogen) atoms. The standard InChI is InChI=1S/C17H30N2O6/c1-16(2,3)12(18-15(23)25-17(4,5)6)13(21)19-9-10(20)8-11(19)14(22)24-7/h10-12,20H,8-9H2,1-7H3,(H,18,23)/t10-,11+,12+/m1/s1. The number of β-amino-alcohol motifs (C(OH)–C–C–N with tert-alkyl or cyclic N) is 1. The molecule has 0 bridgehead atoms. The molecule has 1 fully saturated rings. The van der Waals surface area contributed by atoms with Crippen molar-refractivity contribution in [1.82, 2.24) is 10.2 Å². The van der Waals surface area contributed by atoms with Crippen molar-refractivity contribution in [3.05, 3.63) is 0 Å². The van der Waals surface area contributed by atoms with E-state index in [1.807, 2.05) is 0 Å². The molecule has 0 radical (unpaired) electrons. The van der Waals surface area contributed by atoms with Gasteiger partial charge in [-0.3, -0.25) is 4.79 Å². The maximum atomic E-state index is 13.0. The second-order valence-corrected chi connectivity index (χ2v) is 8.36. The monoisotopic (exact) mass is 358 g/mol. The van der Waals surface area contributed by atoms with Gasteiger partial charge in [0.1, 0.15) is 17.7 Å². The summed E-state index contributed by atoms with van der Waals surface area (Å²) in [7, 11) is 1.23. The highest BCUT2D eigenvalue weighted by atomic mass is 16.6. The summed E-state index contributed by atoms with van der Waals surface area (Å²) in [5.41, 5.74) is -1.32. The smallest absolute Gasteiger partial charge is 0.408 e. The predicted molar refractivity (Wildman–Crippen MR) is 90.8 cm³/mol. The number of rotatable bonds is 3. The van der Waals surface area contributed by atoms with Crippen LogP contribution >= 0.6 is 0 Å². The van der Waals surface area contributed by atoms with Crippen molar-refractivity contribution in [2.75, 3.05) is 13.7 Å². The van der Waals surface area contributed by atoms with Crippen LogP contribution in [0.5, 0.6) is 0 Å². The van der Waals surface area contributed by atoms with Crippen molar-refractivity contribution in [3.8, 4) is 0 Å². The maximum absolute atomic E-state index is 13.0. The van der Waals surface area contributed by atoms with Crippen LogP contribution < -0.4 is 5.32 Å². The number of hydrogen-bond acceptors (Lipinski definition) is 6. The summed E-state index contributed by atoms with van der Waals surface area (Å²) in [4.78, 5) is 38.3. The zero-order chi connectivity index (χ0) is 19.6. The van der Waals surface area contributed by atoms with Crippen LogP contribution in [0.2, 0.25) is 0 Å². The number of ether oxygens (including phenoxy) is 2. The lowest BCUT2D eigenvalue weighted by Gasteiger charge is -2.35. The van der Waals surface area contributed by atoms with Gasteiger partial charge in [0.2, 0.25) is 5.91 Å². The molecule has 3 atom stereocenters. The number of methoxy groups -OCH3 is 1. The Kier molecular flexibility index (Phi) is 6.44. The summed E-state index contributed by atoms with van der Waals surface area (Å²) in [5, 5.41) is 12.5. The Morgan fingerprint density at radius 2 is 1.72 bits per heavy atom. The van der Waals surface area contributed by atoms with E-state index in [0.29, 0.717) is 0 Å². The number of amides is 2. The normalized spacial score (nSPS) is 22.3. The molecule has 1 aliphatic rings. The molecule has 0 saturated carbocycles. The van der Waals surface area contributed by atoms with Gasteiger partial charge in [0, 0.05) is 13.0 Å². The molecule has 0 aromatic carbocycles. The molecule has 0 spiro atoms. The van der Waals surface area contributed by atoms with Crippen LogP contribution in [0.4, 0.5) is 4.79 Å². The molecule has 0 aliphatic carbocycles. The summed E-state index contributed by atoms with van der Waals surface area (Å²) in [6, 6.07) is -1.78. The Bertz CT molecular complexity index is 520. The van der Waals surface area contributed by atoms with E-state index >= 15 is 0 Å². The van der Waals surface area contributed by atoms with E-state index in [1.54, 1.807) is 41.5 Å². The van der Waals surface area contributed by atoms with Crippen LogP contribution in [-0.4, -0.2) is 65.4 Å². The number of aliphatic hydroxyl groups excluding tert-OH is 1. The molecule has 8 heteroatoms. The number of carbonyl (C=O) groups is 3. The summed E-state index contributed by atoms with van der Waals surface area (Å²) < 4.78 is 9.95. The molecule has 1 heterocycles. The quantitative estimate of drug-likeness (QED) is 0.731. The van der Waals surface area contributed by atoms with Crippen LogP contribution in [-0.2, 0) is 19.1 Å². The van der Waals surface area contributed by atoms with Crippen molar-refractivity contribution in [3.63, 3.8) is 0 Å². The zero-order valence-electron chi connectivity index (χ0n) is 16.1. The van der Waals surface area contributed by atoms with Gasteiger partial charge in [-0.25, -0.2) is 9.59 Å². The van der Waals surface area contributed by atoms with Gasteiger partial charge < -0.3 is 24.8 Å². The molecule has 8 nitrogen and oxygen atoms in total. The molecular weight excluding hydrogens is 328 g/mol. The van der Waals surface area contributed by atoms with Crippen molar-refractivity contribution in [2.45, 2.75) is 71.8 Å². The van der Waals surface area contributed by atoms with Gasteiger partial charge in [-0.15, -0.1) is 0 Å². The van der Waals surface area contributed by atoms with E-state index in [9.17, 15) is 19.5 Å². The summed E-state index contributed by atoms with van der Waals surface area (Å²) >= 11 is 0. The Labute approximate surface area is 148 Å². The fourth-order valence-corrected chi connectivity index (χ4v) is 2.66. The maximum Gasteiger partial charge on any atom is 0.408 e. The first-order chi connectivity index (χ1) is 11.3. The van der Waals surface area contributed by atoms with E-state index in [-0.39, 0.29) is 13.0 Å². The predicted octanol–water partition coefficient (Wildman–Crippen LogP) is 1.06. The fourth-order valence-electron chi connectivity index (χ4n) is 2.66. The minimum atomic E-state index is -0.917. The third kappa shape index (κ3) is 5.88. The van der Waals surface area contributed by atoms with Crippen molar-refractivity contribution >= 4 is 18.0 Å². The first-order valence-corrected chi connectivity index (χ1v) is 8.32. The third-order valence-electron chi connectivity index (χ3n) is 3.81. The van der Waals surface area contributed by atoms with Crippen LogP contribution in [0.15, 0.2) is 0 Å². The lowest BCUT2D eigenvalue weighted by Crippen LogP contribution is -2.57. The average molecular weight is 358 g/mol. The van der Waals surface area contributed by atoms with Gasteiger partial charge in [0.15, 0.2) is 0 Å². The molecule has 1 aliphatic heterocycles. The summed E-state index contributed by atoms with van der Waals surface area (Å²) in [6.07, 6.45) is -1.41. The first-order valence-electron chi connectivity index (χ1n) is 8.32. The van der Waals surface area contributed by atoms with E-state index in [0.717, 1.165) is 0 Å². The number of alkyl carbamates (subject to hydrolysis) is 1. The lowest BCUT2D eigenvalue weighted by atomic mass is 9.85. The van der Waals surface area contributed by atoms with Gasteiger partial charge in [-0.2, -0.15) is 0 Å². The number of hydrogen-bond donors (Lipinski definition) is 2. The Morgan fingerprint density at radius 1 is 1.16 bits per heavy atom. The highest BCUT2D eigenvalue weighted by Gasteiger charge is 2.45. The molecule has 1 saturated heterocycles. The second kappa shape index (κ2) is 7.59. The summed E-state index contributed by atoms with van der Waals surface area (Å²) in [6.45, 7) is 10.6. The highest BCUT2D eigenvalue weighted by molar-refractivity contribution is 5.91. The summed E-state index contributed by atoms with van der Waals surface area (Å²) in [5.74, 6) is -1.04. The number of aliphatic hydroxyl groups is 1. The fraction of sp³-hybridized carbons (Fsp3) is 0.824. The minimum Gasteiger partial charge on any atom is -0.467 e. The van der Waals surface area contributed by atoms with E-state index < -0.39 is 47.2 Å². The largest absolute Gasteiger partial charge is 0.467 e. The number of carbonyl (C=O) groups excluding carboxylic acids is 3. The topological polar surface area (TPSA) is 105 Å². The minimum absolute atomic E-state index is 0.0151. The molecular formula is C17H30N2O6. The van der Waals surface area contributed by atoms with Crippen molar-refractivity contribution < 1.29 is 29.0 Å². The Balaban J connectivity index is 3.01. The third-order valence-corrected chi connectivity index (χ3v) is 3.81. The molecule has 144 valence electrons. The van der Waals surface area contributed by atoms with Crippen molar-refractivity contribution in [1.29, 1.82) is 0 Å². The Morgan fingerprint density at radius 3 is 2.16 bits per heavy atom. The molecule has 0 unspecified atom stereocenters. The van der Waals surface area contributed by atoms with E-state index in [1.165, 1.54) is 12.0 Å². The zero-order valence-corrected chi connectivity index (χ0v) is 16.1. The molecule has 2 amide bonds. The molecule has 1 rings (SSSR count). The van der Waals surface area contributed by atoms with Gasteiger partial charge >= 0.3 is 12.1 Å². The number of nitrogens with one attached hydrogen (secondary N) is 1. The second-order valence-electron chi connectivity index (χ2n) is 8.36. The molecule has 0 aromatic rings.